The van der Waals surface area contributed by atoms with Crippen LogP contribution in [0.4, 0.5) is 4.79 Å². The van der Waals surface area contributed by atoms with Gasteiger partial charge in [0.05, 0.1) is 0 Å². The number of halogens is 1. The number of rotatable bonds is 8. The van der Waals surface area contributed by atoms with Crippen molar-refractivity contribution in [2.24, 2.45) is 0 Å². The highest BCUT2D eigenvalue weighted by molar-refractivity contribution is 9.10. The molecular formula is C16H25BrN2O. The third-order valence-corrected chi connectivity index (χ3v) is 3.63. The predicted molar refractivity (Wildman–Crippen MR) is 88.0 cm³/mol. The van der Waals surface area contributed by atoms with Gasteiger partial charge < -0.3 is 10.2 Å². The molecule has 1 aromatic rings. The van der Waals surface area contributed by atoms with E-state index in [1.54, 1.807) is 0 Å². The van der Waals surface area contributed by atoms with E-state index >= 15 is 0 Å². The zero-order valence-corrected chi connectivity index (χ0v) is 14.1. The van der Waals surface area contributed by atoms with Crippen LogP contribution in [-0.4, -0.2) is 30.6 Å². The molecule has 0 aliphatic rings. The van der Waals surface area contributed by atoms with Crippen LogP contribution >= 0.6 is 15.9 Å². The minimum Gasteiger partial charge on any atom is -0.338 e. The molecule has 2 amide bonds. The van der Waals surface area contributed by atoms with Crippen molar-refractivity contribution in [3.8, 4) is 0 Å². The van der Waals surface area contributed by atoms with E-state index in [0.29, 0.717) is 6.54 Å². The summed E-state index contributed by atoms with van der Waals surface area (Å²) >= 11 is 3.46. The minimum absolute atomic E-state index is 0.0651. The fourth-order valence-corrected chi connectivity index (χ4v) is 2.50. The van der Waals surface area contributed by atoms with Crippen LogP contribution in [0.5, 0.6) is 0 Å². The first-order chi connectivity index (χ1) is 9.67. The van der Waals surface area contributed by atoms with Crippen LogP contribution in [0.1, 0.15) is 38.7 Å². The fourth-order valence-electron chi connectivity index (χ4n) is 2.05. The van der Waals surface area contributed by atoms with Crippen molar-refractivity contribution >= 4 is 22.0 Å². The van der Waals surface area contributed by atoms with Crippen LogP contribution in [0.2, 0.25) is 0 Å². The molecule has 0 fully saturated rings. The first-order valence-corrected chi connectivity index (χ1v) is 8.23. The Morgan fingerprint density at radius 3 is 2.70 bits per heavy atom. The molecule has 1 aromatic carbocycles. The molecule has 0 atom stereocenters. The Hall–Kier alpha value is -1.03. The zero-order valence-electron chi connectivity index (χ0n) is 12.5. The monoisotopic (exact) mass is 340 g/mol. The molecule has 0 saturated heterocycles. The summed E-state index contributed by atoms with van der Waals surface area (Å²) in [5, 5.41) is 3.02. The summed E-state index contributed by atoms with van der Waals surface area (Å²) in [6.07, 6.45) is 4.05. The number of hydrogen-bond donors (Lipinski definition) is 1. The lowest BCUT2D eigenvalue weighted by molar-refractivity contribution is 0.197. The average Bonchev–Trinajstić information content (AvgIpc) is 2.43. The Morgan fingerprint density at radius 2 is 2.05 bits per heavy atom. The molecule has 20 heavy (non-hydrogen) atoms. The van der Waals surface area contributed by atoms with E-state index < -0.39 is 0 Å². The van der Waals surface area contributed by atoms with Crippen molar-refractivity contribution in [2.75, 3.05) is 19.6 Å². The van der Waals surface area contributed by atoms with E-state index in [-0.39, 0.29) is 6.03 Å². The van der Waals surface area contributed by atoms with E-state index in [4.69, 9.17) is 0 Å². The smallest absolute Gasteiger partial charge is 0.317 e. The molecule has 0 heterocycles. The number of urea groups is 1. The Morgan fingerprint density at radius 1 is 1.25 bits per heavy atom. The lowest BCUT2D eigenvalue weighted by atomic mass is 10.1. The van der Waals surface area contributed by atoms with Gasteiger partial charge in [-0.1, -0.05) is 48.3 Å². The normalized spacial score (nSPS) is 10.3. The highest BCUT2D eigenvalue weighted by Crippen LogP contribution is 2.11. The zero-order chi connectivity index (χ0) is 14.8. The summed E-state index contributed by atoms with van der Waals surface area (Å²) in [5.74, 6) is 0. The first-order valence-electron chi connectivity index (χ1n) is 7.44. The third-order valence-electron chi connectivity index (χ3n) is 3.14. The summed E-state index contributed by atoms with van der Waals surface area (Å²) in [6.45, 7) is 6.63. The number of unbranched alkanes of at least 4 members (excludes halogenated alkanes) is 1. The van der Waals surface area contributed by atoms with Crippen LogP contribution in [0, 0.1) is 0 Å². The number of carbonyl (C=O) groups excluding carboxylic acids is 1. The number of benzene rings is 1. The van der Waals surface area contributed by atoms with Crippen molar-refractivity contribution in [1.29, 1.82) is 0 Å². The maximum Gasteiger partial charge on any atom is 0.317 e. The molecule has 112 valence electrons. The SMILES string of the molecule is CCCCN(CCC)C(=O)NCCc1cccc(Br)c1. The summed E-state index contributed by atoms with van der Waals surface area (Å²) in [5.41, 5.74) is 1.23. The molecule has 0 aliphatic heterocycles. The quantitative estimate of drug-likeness (QED) is 0.755. The summed E-state index contributed by atoms with van der Waals surface area (Å²) < 4.78 is 1.08. The highest BCUT2D eigenvalue weighted by Gasteiger charge is 2.10. The van der Waals surface area contributed by atoms with Crippen molar-refractivity contribution < 1.29 is 4.79 Å². The van der Waals surface area contributed by atoms with Crippen LogP contribution < -0.4 is 5.32 Å². The molecule has 0 saturated carbocycles. The van der Waals surface area contributed by atoms with E-state index in [0.717, 1.165) is 43.2 Å². The minimum atomic E-state index is 0.0651. The fraction of sp³-hybridized carbons (Fsp3) is 0.562. The van der Waals surface area contributed by atoms with Gasteiger partial charge in [0, 0.05) is 24.1 Å². The summed E-state index contributed by atoms with van der Waals surface area (Å²) in [6, 6.07) is 8.27. The first kappa shape index (κ1) is 17.0. The van der Waals surface area contributed by atoms with Crippen molar-refractivity contribution in [1.82, 2.24) is 10.2 Å². The van der Waals surface area contributed by atoms with E-state index in [1.807, 2.05) is 17.0 Å². The highest BCUT2D eigenvalue weighted by atomic mass is 79.9. The Labute approximate surface area is 130 Å². The molecule has 0 aliphatic carbocycles. The van der Waals surface area contributed by atoms with Gasteiger partial charge >= 0.3 is 6.03 Å². The topological polar surface area (TPSA) is 32.3 Å². The number of hydrogen-bond acceptors (Lipinski definition) is 1. The van der Waals surface area contributed by atoms with E-state index in [2.05, 4.69) is 47.2 Å². The molecule has 0 radical (unpaired) electrons. The van der Waals surface area contributed by atoms with Gasteiger partial charge in [-0.15, -0.1) is 0 Å². The lowest BCUT2D eigenvalue weighted by Gasteiger charge is -2.22. The lowest BCUT2D eigenvalue weighted by Crippen LogP contribution is -2.41. The number of nitrogens with zero attached hydrogens (tertiary/aromatic N) is 1. The average molecular weight is 341 g/mol. The Bertz CT molecular complexity index is 409. The predicted octanol–water partition coefficient (Wildman–Crippen LogP) is 4.21. The molecular weight excluding hydrogens is 316 g/mol. The molecule has 0 bridgehead atoms. The van der Waals surface area contributed by atoms with Crippen LogP contribution in [-0.2, 0) is 6.42 Å². The van der Waals surface area contributed by atoms with Gasteiger partial charge in [-0.2, -0.15) is 0 Å². The second-order valence-corrected chi connectivity index (χ2v) is 5.87. The molecule has 1 rings (SSSR count). The van der Waals surface area contributed by atoms with Crippen molar-refractivity contribution in [2.45, 2.75) is 39.5 Å². The van der Waals surface area contributed by atoms with Gasteiger partial charge in [0.2, 0.25) is 0 Å². The standard InChI is InChI=1S/C16H25BrN2O/c1-3-5-12-19(11-4-2)16(20)18-10-9-14-7-6-8-15(17)13-14/h6-8,13H,3-5,9-12H2,1-2H3,(H,18,20). The molecule has 0 unspecified atom stereocenters. The second kappa shape index (κ2) is 9.81. The van der Waals surface area contributed by atoms with Gasteiger partial charge in [-0.05, 0) is 37.0 Å². The van der Waals surface area contributed by atoms with Crippen LogP contribution in [0.25, 0.3) is 0 Å². The van der Waals surface area contributed by atoms with Gasteiger partial charge in [0.1, 0.15) is 0 Å². The summed E-state index contributed by atoms with van der Waals surface area (Å²) in [7, 11) is 0. The molecule has 1 N–H and O–H groups in total. The second-order valence-electron chi connectivity index (χ2n) is 4.95. The Balaban J connectivity index is 2.36. The third kappa shape index (κ3) is 6.42. The number of nitrogens with one attached hydrogen (secondary N) is 1. The number of amides is 2. The maximum atomic E-state index is 12.1. The maximum absolute atomic E-state index is 12.1. The molecule has 4 heteroatoms. The molecule has 0 spiro atoms. The van der Waals surface area contributed by atoms with Crippen LogP contribution in [0.15, 0.2) is 28.7 Å². The van der Waals surface area contributed by atoms with E-state index in [9.17, 15) is 4.79 Å². The summed E-state index contributed by atoms with van der Waals surface area (Å²) in [4.78, 5) is 14.0. The largest absolute Gasteiger partial charge is 0.338 e. The van der Waals surface area contributed by atoms with Gasteiger partial charge in [0.25, 0.3) is 0 Å². The molecule has 0 aromatic heterocycles. The van der Waals surface area contributed by atoms with Crippen molar-refractivity contribution in [3.05, 3.63) is 34.3 Å². The van der Waals surface area contributed by atoms with Gasteiger partial charge in [-0.25, -0.2) is 4.79 Å². The number of carbonyl (C=O) groups is 1. The Kier molecular flexibility index (Phi) is 8.35. The molecule has 3 nitrogen and oxygen atoms in total. The van der Waals surface area contributed by atoms with Gasteiger partial charge in [-0.3, -0.25) is 0 Å². The van der Waals surface area contributed by atoms with Gasteiger partial charge in [0.15, 0.2) is 0 Å². The van der Waals surface area contributed by atoms with E-state index in [1.165, 1.54) is 5.56 Å². The van der Waals surface area contributed by atoms with Crippen molar-refractivity contribution in [3.63, 3.8) is 0 Å². The van der Waals surface area contributed by atoms with Crippen LogP contribution in [0.3, 0.4) is 0 Å².